The molecule has 2 aromatic rings. The zero-order chi connectivity index (χ0) is 38.6. The van der Waals surface area contributed by atoms with Crippen molar-refractivity contribution in [3.8, 4) is 11.6 Å². The van der Waals surface area contributed by atoms with Gasteiger partial charge in [0, 0.05) is 18.4 Å². The number of methoxy groups -OCH3 is 1. The van der Waals surface area contributed by atoms with Crippen molar-refractivity contribution < 1.29 is 47.3 Å². The quantitative estimate of drug-likeness (QED) is 0.346. The van der Waals surface area contributed by atoms with Gasteiger partial charge in [-0.2, -0.15) is 0 Å². The van der Waals surface area contributed by atoms with E-state index < -0.39 is 74.1 Å². The molecular weight excluding hydrogens is 733 g/mol. The lowest BCUT2D eigenvalue weighted by molar-refractivity contribution is -0.142. The number of benzene rings is 1. The molecule has 17 heteroatoms. The van der Waals surface area contributed by atoms with Crippen LogP contribution in [0.4, 0.5) is 4.79 Å². The summed E-state index contributed by atoms with van der Waals surface area (Å²) < 4.78 is 45.3. The number of aryl methyl sites for hydroxylation is 1. The summed E-state index contributed by atoms with van der Waals surface area (Å²) in [5, 5.41) is 4.96. The fourth-order valence-electron chi connectivity index (χ4n) is 7.64. The Bertz CT molecular complexity index is 1970. The molecule has 2 bridgehead atoms. The Morgan fingerprint density at radius 1 is 1.07 bits per heavy atom. The number of ether oxygens (including phenoxy) is 3. The smallest absolute Gasteiger partial charge is 0.408 e. The molecule has 300 valence electrons. The van der Waals surface area contributed by atoms with Crippen LogP contribution < -0.4 is 24.8 Å². The van der Waals surface area contributed by atoms with Crippen molar-refractivity contribution in [1.82, 2.24) is 30.2 Å². The molecule has 1 aromatic heterocycles. The Morgan fingerprint density at radius 2 is 1.84 bits per heavy atom. The van der Waals surface area contributed by atoms with Crippen LogP contribution in [0.25, 0.3) is 11.0 Å². The van der Waals surface area contributed by atoms with Gasteiger partial charge in [0.25, 0.3) is 5.91 Å². The maximum Gasteiger partial charge on any atom is 0.408 e. The van der Waals surface area contributed by atoms with Crippen LogP contribution in [0.1, 0.15) is 84.3 Å². The predicted molar refractivity (Wildman–Crippen MR) is 200 cm³/mol. The molecule has 7 rings (SSSR count). The third-order valence-electron chi connectivity index (χ3n) is 11.3. The minimum Gasteiger partial charge on any atom is -0.497 e. The lowest BCUT2D eigenvalue weighted by Gasteiger charge is -2.35. The topological polar surface area (TPSA) is 227 Å². The number of alkyl carbamates (subject to hydrolysis) is 1. The first kappa shape index (κ1) is 40.2. The van der Waals surface area contributed by atoms with E-state index in [1.807, 2.05) is 32.9 Å². The summed E-state index contributed by atoms with van der Waals surface area (Å²) in [5.74, 6) is -1.39. The number of rotatable bonds is 7. The second-order valence-corrected chi connectivity index (χ2v) is 18.4. The summed E-state index contributed by atoms with van der Waals surface area (Å²) in [6.45, 7) is 9.18. The van der Waals surface area contributed by atoms with Gasteiger partial charge in [-0.25, -0.2) is 23.2 Å². The maximum atomic E-state index is 14.6. The highest BCUT2D eigenvalue weighted by Gasteiger charge is 2.62. The number of aromatic nitrogens is 2. The zero-order valence-corrected chi connectivity index (χ0v) is 32.6. The Hall–Kier alpha value is -4.51. The van der Waals surface area contributed by atoms with Crippen molar-refractivity contribution in [2.24, 2.45) is 17.3 Å². The number of sulfonamides is 1. The zero-order valence-electron chi connectivity index (χ0n) is 31.8. The number of nitrogens with zero attached hydrogens (tertiary/aromatic N) is 3. The van der Waals surface area contributed by atoms with Crippen molar-refractivity contribution in [2.75, 3.05) is 13.7 Å². The van der Waals surface area contributed by atoms with Crippen LogP contribution in [-0.2, 0) is 35.6 Å². The van der Waals surface area contributed by atoms with Gasteiger partial charge in [0.15, 0.2) is 0 Å². The van der Waals surface area contributed by atoms with Gasteiger partial charge >= 0.3 is 6.09 Å². The average molecular weight is 785 g/mol. The number of nitrogens with one attached hydrogen (secondary N) is 3. The number of hydrogen-bond acceptors (Lipinski definition) is 11. The normalized spacial score (nSPS) is 29.7. The molecular formula is C38H52N6O10S. The van der Waals surface area contributed by atoms with Crippen LogP contribution >= 0.6 is 0 Å². The number of hydrogen-bond donors (Lipinski definition) is 3. The third kappa shape index (κ3) is 8.52. The van der Waals surface area contributed by atoms with Crippen molar-refractivity contribution >= 4 is 44.9 Å². The van der Waals surface area contributed by atoms with Gasteiger partial charge in [-0.1, -0.05) is 39.7 Å². The Morgan fingerprint density at radius 3 is 2.51 bits per heavy atom. The molecule has 5 aliphatic rings. The summed E-state index contributed by atoms with van der Waals surface area (Å²) >= 11 is 0. The van der Waals surface area contributed by atoms with Gasteiger partial charge in [-0.3, -0.25) is 19.1 Å². The molecule has 1 aromatic carbocycles. The van der Waals surface area contributed by atoms with E-state index in [4.69, 9.17) is 24.2 Å². The van der Waals surface area contributed by atoms with Gasteiger partial charge < -0.3 is 35.2 Å². The average Bonchev–Trinajstić information content (AvgIpc) is 4.04. The monoisotopic (exact) mass is 784 g/mol. The van der Waals surface area contributed by atoms with Gasteiger partial charge in [0.1, 0.15) is 41.3 Å². The van der Waals surface area contributed by atoms with E-state index in [9.17, 15) is 27.6 Å². The van der Waals surface area contributed by atoms with Gasteiger partial charge in [0.05, 0.1) is 29.9 Å². The van der Waals surface area contributed by atoms with Crippen LogP contribution in [0.2, 0.25) is 0 Å². The summed E-state index contributed by atoms with van der Waals surface area (Å²) in [6, 6.07) is 3.20. The van der Waals surface area contributed by atoms with Crippen LogP contribution in [-0.4, -0.2) is 101 Å². The molecule has 5 N–H and O–H groups in total. The van der Waals surface area contributed by atoms with E-state index in [1.165, 1.54) is 11.0 Å². The maximum absolute atomic E-state index is 14.6. The van der Waals surface area contributed by atoms with E-state index in [-0.39, 0.29) is 36.9 Å². The molecule has 16 nitrogen and oxygen atoms in total. The van der Waals surface area contributed by atoms with Gasteiger partial charge in [-0.15, -0.1) is 6.58 Å². The van der Waals surface area contributed by atoms with Crippen molar-refractivity contribution in [3.63, 3.8) is 0 Å². The minimum absolute atomic E-state index is 0. The van der Waals surface area contributed by atoms with Crippen molar-refractivity contribution in [3.05, 3.63) is 36.5 Å². The molecule has 3 heterocycles. The highest BCUT2D eigenvalue weighted by molar-refractivity contribution is 7.91. The predicted octanol–water partition coefficient (Wildman–Crippen LogP) is 2.48. The standard InChI is InChI=1S/C38H50N6O9S.H2O/c1-6-22-19-38(22,35(47)43-54(49,50)25-13-14-25)42-32(45)29-18-24-20-44(29)34(46)31(37(2,3)4)41-36(48)53-30-16-21(30)10-8-7-9-11-27-33(52-24)40-28-17-23(51-5)12-15-26(28)39-27;/h6,12,15,17,21-22,24-25,29-31H,1,7-11,13-14,16,18-20H2,2-5H3,(H,41,48)(H,42,45)(H,43,47);1H2/t21-,22+,24-,29-,30-,31+,38-;/m1./s1. The molecule has 4 amide bonds. The summed E-state index contributed by atoms with van der Waals surface area (Å²) in [5.41, 5.74) is -0.451. The molecule has 0 radical (unpaired) electrons. The number of carbonyl (C=O) groups excluding carboxylic acids is 4. The molecule has 4 fully saturated rings. The Balaban J connectivity index is 0.00000514. The Labute approximate surface area is 320 Å². The number of carbonyl (C=O) groups is 4. The summed E-state index contributed by atoms with van der Waals surface area (Å²) in [4.78, 5) is 66.8. The second kappa shape index (κ2) is 15.2. The fraction of sp³-hybridized carbons (Fsp3) is 0.632. The van der Waals surface area contributed by atoms with E-state index in [1.54, 1.807) is 13.2 Å². The first-order chi connectivity index (χ1) is 25.6. The lowest BCUT2D eigenvalue weighted by Crippen LogP contribution is -2.60. The second-order valence-electron chi connectivity index (χ2n) is 16.5. The van der Waals surface area contributed by atoms with Crippen LogP contribution in [0, 0.1) is 17.3 Å². The van der Waals surface area contributed by atoms with E-state index in [0.29, 0.717) is 47.6 Å². The van der Waals surface area contributed by atoms with Gasteiger partial charge in [0.2, 0.25) is 27.7 Å². The van der Waals surface area contributed by atoms with E-state index >= 15 is 0 Å². The molecule has 0 spiro atoms. The Kier molecular flexibility index (Phi) is 11.1. The number of fused-ring (bicyclic) bond motifs is 5. The van der Waals surface area contributed by atoms with Gasteiger partial charge in [-0.05, 0) is 68.4 Å². The molecule has 55 heavy (non-hydrogen) atoms. The molecule has 3 aliphatic carbocycles. The molecule has 3 saturated carbocycles. The highest BCUT2D eigenvalue weighted by atomic mass is 32.2. The molecule has 7 atom stereocenters. The molecule has 0 unspecified atom stereocenters. The summed E-state index contributed by atoms with van der Waals surface area (Å²) in [6.07, 6.45) is 5.93. The van der Waals surface area contributed by atoms with Crippen molar-refractivity contribution in [2.45, 2.75) is 120 Å². The van der Waals surface area contributed by atoms with Crippen LogP contribution in [0.3, 0.4) is 0 Å². The first-order valence-electron chi connectivity index (χ1n) is 18.9. The fourth-order valence-corrected chi connectivity index (χ4v) is 9.00. The minimum atomic E-state index is -3.90. The summed E-state index contributed by atoms with van der Waals surface area (Å²) in [7, 11) is -2.33. The largest absolute Gasteiger partial charge is 0.497 e. The van der Waals surface area contributed by atoms with Crippen molar-refractivity contribution in [1.29, 1.82) is 0 Å². The highest BCUT2D eigenvalue weighted by Crippen LogP contribution is 2.46. The third-order valence-corrected chi connectivity index (χ3v) is 13.1. The van der Waals surface area contributed by atoms with Crippen LogP contribution in [0.5, 0.6) is 11.6 Å². The first-order valence-corrected chi connectivity index (χ1v) is 20.5. The molecule has 2 aliphatic heterocycles. The van der Waals surface area contributed by atoms with E-state index in [2.05, 4.69) is 21.9 Å². The van der Waals surface area contributed by atoms with E-state index in [0.717, 1.165) is 32.1 Å². The number of amides is 4. The molecule has 1 saturated heterocycles. The van der Waals surface area contributed by atoms with Crippen LogP contribution in [0.15, 0.2) is 30.9 Å². The lowest BCUT2D eigenvalue weighted by atomic mass is 9.85. The SMILES string of the molecule is C=C[C@H]1C[C@]1(NC(=O)[C@H]1C[C@@H]2CN1C(=O)[C@@H](C(C)(C)C)NC(=O)O[C@@H]1C[C@H]1CCCCCc1nc3ccc(OC)cc3nc1O2)C(=O)NS(=O)(=O)C1CC1.O.